The van der Waals surface area contributed by atoms with Gasteiger partial charge in [-0.3, -0.25) is 19.7 Å². The molecule has 1 aliphatic heterocycles. The Balaban J connectivity index is 1.95. The van der Waals surface area contributed by atoms with Gasteiger partial charge in [-0.2, -0.15) is 0 Å². The minimum absolute atomic E-state index is 0.0583. The first-order valence-corrected chi connectivity index (χ1v) is 7.86. The molecule has 0 spiro atoms. The van der Waals surface area contributed by atoms with E-state index in [9.17, 15) is 24.5 Å². The lowest BCUT2D eigenvalue weighted by Crippen LogP contribution is -2.46. The molecule has 2 rings (SSSR count). The highest BCUT2D eigenvalue weighted by Gasteiger charge is 2.35. The van der Waals surface area contributed by atoms with Crippen LogP contribution >= 0.6 is 0 Å². The van der Waals surface area contributed by atoms with Crippen molar-refractivity contribution in [1.82, 2.24) is 0 Å². The molecule has 2 amide bonds. The van der Waals surface area contributed by atoms with Gasteiger partial charge in [0.15, 0.2) is 0 Å². The van der Waals surface area contributed by atoms with Gasteiger partial charge in [-0.1, -0.05) is 6.92 Å². The van der Waals surface area contributed by atoms with Gasteiger partial charge in [0.2, 0.25) is 5.91 Å². The van der Waals surface area contributed by atoms with Gasteiger partial charge >= 0.3 is 12.1 Å². The van der Waals surface area contributed by atoms with Gasteiger partial charge in [0.05, 0.1) is 23.6 Å². The van der Waals surface area contributed by atoms with Crippen LogP contribution in [0.4, 0.5) is 16.2 Å². The number of cyclic esters (lactones) is 1. The lowest BCUT2D eigenvalue weighted by atomic mass is 10.1. The van der Waals surface area contributed by atoms with Crippen LogP contribution < -0.4 is 4.90 Å². The second-order valence-electron chi connectivity index (χ2n) is 5.47. The lowest BCUT2D eigenvalue weighted by molar-refractivity contribution is -0.384. The first-order valence-electron chi connectivity index (χ1n) is 7.86. The first-order chi connectivity index (χ1) is 11.9. The standard InChI is InChI=1S/C16H18N2O7/c1-2-9-24-15(20)8-7-13-10-14(19)17(16(21)25-13)11-3-5-12(6-4-11)18(22)23/h3-6,13H,2,7-10H2,1H3. The molecule has 25 heavy (non-hydrogen) atoms. The molecule has 0 aliphatic carbocycles. The summed E-state index contributed by atoms with van der Waals surface area (Å²) in [6.45, 7) is 2.21. The number of nitro groups is 1. The number of ether oxygens (including phenoxy) is 2. The zero-order valence-corrected chi connectivity index (χ0v) is 13.7. The van der Waals surface area contributed by atoms with E-state index in [0.717, 1.165) is 4.90 Å². The van der Waals surface area contributed by atoms with Crippen molar-refractivity contribution in [1.29, 1.82) is 0 Å². The van der Waals surface area contributed by atoms with Crippen molar-refractivity contribution in [3.05, 3.63) is 34.4 Å². The molecule has 1 aromatic rings. The number of carbonyl (C=O) groups excluding carboxylic acids is 3. The average Bonchev–Trinajstić information content (AvgIpc) is 2.58. The number of rotatable bonds is 7. The molecule has 1 heterocycles. The van der Waals surface area contributed by atoms with E-state index in [-0.39, 0.29) is 30.6 Å². The van der Waals surface area contributed by atoms with Crippen LogP contribution in [0.15, 0.2) is 24.3 Å². The number of anilines is 1. The third-order valence-corrected chi connectivity index (χ3v) is 3.56. The van der Waals surface area contributed by atoms with Crippen LogP contribution in [0.3, 0.4) is 0 Å². The van der Waals surface area contributed by atoms with Crippen molar-refractivity contribution in [2.24, 2.45) is 0 Å². The summed E-state index contributed by atoms with van der Waals surface area (Å²) in [5.74, 6) is -0.889. The van der Waals surface area contributed by atoms with Crippen LogP contribution in [-0.2, 0) is 19.1 Å². The predicted octanol–water partition coefficient (Wildman–Crippen LogP) is 2.57. The Morgan fingerprint density at radius 1 is 1.36 bits per heavy atom. The van der Waals surface area contributed by atoms with E-state index < -0.39 is 29.0 Å². The largest absolute Gasteiger partial charge is 0.466 e. The highest BCUT2D eigenvalue weighted by molar-refractivity contribution is 6.13. The monoisotopic (exact) mass is 350 g/mol. The Morgan fingerprint density at radius 3 is 2.60 bits per heavy atom. The van der Waals surface area contributed by atoms with Gasteiger partial charge in [-0.25, -0.2) is 9.69 Å². The predicted molar refractivity (Wildman–Crippen MR) is 86.0 cm³/mol. The minimum atomic E-state index is -0.864. The average molecular weight is 350 g/mol. The fourth-order valence-electron chi connectivity index (χ4n) is 2.33. The molecule has 0 aromatic heterocycles. The molecule has 0 bridgehead atoms. The van der Waals surface area contributed by atoms with Crippen molar-refractivity contribution in [3.8, 4) is 0 Å². The summed E-state index contributed by atoms with van der Waals surface area (Å²) in [6, 6.07) is 5.01. The van der Waals surface area contributed by atoms with Crippen LogP contribution in [0.25, 0.3) is 0 Å². The Kier molecular flexibility index (Phi) is 6.04. The van der Waals surface area contributed by atoms with E-state index in [1.807, 2.05) is 6.92 Å². The lowest BCUT2D eigenvalue weighted by Gasteiger charge is -2.30. The molecule has 1 aliphatic rings. The molecule has 1 aromatic carbocycles. The van der Waals surface area contributed by atoms with Crippen molar-refractivity contribution in [2.45, 2.75) is 38.7 Å². The maximum atomic E-state index is 12.2. The van der Waals surface area contributed by atoms with E-state index in [2.05, 4.69) is 0 Å². The Hall–Kier alpha value is -2.97. The van der Waals surface area contributed by atoms with Gasteiger partial charge in [0.25, 0.3) is 5.69 Å². The number of esters is 1. The number of amides is 2. The smallest absolute Gasteiger partial charge is 0.421 e. The van der Waals surface area contributed by atoms with E-state index in [0.29, 0.717) is 13.0 Å². The number of carbonyl (C=O) groups is 3. The third kappa shape index (κ3) is 4.75. The number of benzene rings is 1. The quantitative estimate of drug-likeness (QED) is 0.421. The van der Waals surface area contributed by atoms with Gasteiger partial charge < -0.3 is 9.47 Å². The van der Waals surface area contributed by atoms with Gasteiger partial charge in [0, 0.05) is 18.6 Å². The van der Waals surface area contributed by atoms with Crippen LogP contribution in [0.1, 0.15) is 32.6 Å². The molecular formula is C16H18N2O7. The minimum Gasteiger partial charge on any atom is -0.466 e. The van der Waals surface area contributed by atoms with E-state index >= 15 is 0 Å². The second kappa shape index (κ2) is 8.22. The number of nitro benzene ring substituents is 1. The van der Waals surface area contributed by atoms with Crippen LogP contribution in [0, 0.1) is 10.1 Å². The molecule has 1 unspecified atom stereocenters. The number of hydrogen-bond acceptors (Lipinski definition) is 7. The van der Waals surface area contributed by atoms with Crippen molar-refractivity contribution < 1.29 is 28.8 Å². The van der Waals surface area contributed by atoms with Crippen molar-refractivity contribution in [3.63, 3.8) is 0 Å². The summed E-state index contributed by atoms with van der Waals surface area (Å²) in [7, 11) is 0. The zero-order chi connectivity index (χ0) is 18.4. The van der Waals surface area contributed by atoms with Crippen LogP contribution in [0.2, 0.25) is 0 Å². The van der Waals surface area contributed by atoms with Gasteiger partial charge in [-0.15, -0.1) is 0 Å². The molecule has 9 heteroatoms. The van der Waals surface area contributed by atoms with Gasteiger partial charge in [-0.05, 0) is 25.0 Å². The summed E-state index contributed by atoms with van der Waals surface area (Å²) in [4.78, 5) is 46.7. The molecule has 0 N–H and O–H groups in total. The Morgan fingerprint density at radius 2 is 2.04 bits per heavy atom. The van der Waals surface area contributed by atoms with E-state index in [1.54, 1.807) is 0 Å². The number of nitrogens with zero attached hydrogens (tertiary/aromatic N) is 2. The number of imide groups is 1. The van der Waals surface area contributed by atoms with Crippen LogP contribution in [-0.4, -0.2) is 35.6 Å². The fourth-order valence-corrected chi connectivity index (χ4v) is 2.33. The topological polar surface area (TPSA) is 116 Å². The van der Waals surface area contributed by atoms with Crippen molar-refractivity contribution >= 4 is 29.3 Å². The second-order valence-corrected chi connectivity index (χ2v) is 5.47. The zero-order valence-electron chi connectivity index (χ0n) is 13.7. The SMILES string of the molecule is CCCOC(=O)CCC1CC(=O)N(c2ccc([N+](=O)[O-])cc2)C(=O)O1. The fraction of sp³-hybridized carbons (Fsp3) is 0.438. The molecule has 134 valence electrons. The molecular weight excluding hydrogens is 332 g/mol. The maximum Gasteiger partial charge on any atom is 0.421 e. The normalized spacial score (nSPS) is 17.2. The van der Waals surface area contributed by atoms with Crippen molar-refractivity contribution in [2.75, 3.05) is 11.5 Å². The molecule has 0 radical (unpaired) electrons. The molecule has 1 atom stereocenters. The molecule has 0 saturated carbocycles. The van der Waals surface area contributed by atoms with E-state index in [1.165, 1.54) is 24.3 Å². The summed E-state index contributed by atoms with van der Waals surface area (Å²) in [6.07, 6.45) is -0.645. The summed E-state index contributed by atoms with van der Waals surface area (Å²) >= 11 is 0. The van der Waals surface area contributed by atoms with Crippen LogP contribution in [0.5, 0.6) is 0 Å². The number of hydrogen-bond donors (Lipinski definition) is 0. The number of non-ortho nitro benzene ring substituents is 1. The molecule has 9 nitrogen and oxygen atoms in total. The maximum absolute atomic E-state index is 12.2. The molecule has 1 saturated heterocycles. The summed E-state index contributed by atoms with van der Waals surface area (Å²) < 4.78 is 10.1. The Bertz CT molecular complexity index is 654. The van der Waals surface area contributed by atoms with E-state index in [4.69, 9.17) is 9.47 Å². The highest BCUT2D eigenvalue weighted by atomic mass is 16.6. The summed E-state index contributed by atoms with van der Waals surface area (Å²) in [5.41, 5.74) is 0.0476. The highest BCUT2D eigenvalue weighted by Crippen LogP contribution is 2.26. The Labute approximate surface area is 143 Å². The van der Waals surface area contributed by atoms with Gasteiger partial charge in [0.1, 0.15) is 6.10 Å². The first kappa shape index (κ1) is 18.4. The summed E-state index contributed by atoms with van der Waals surface area (Å²) in [5, 5.41) is 10.6. The molecule has 1 fully saturated rings. The third-order valence-electron chi connectivity index (χ3n) is 3.56.